The largest absolute Gasteiger partial charge is 0.481 e. The standard InChI is InChI=1S/C16H17F4NO3/c17-13-2-1-11(16(18,19)20)5-10(13)6-21-7-12-3-4-24-9-15(12,8-21)14(22)23/h1-2,5,12H,3-4,6-9H2,(H,22,23)/t12-,15+/m0/s1. The third-order valence-electron chi connectivity index (χ3n) is 4.93. The second kappa shape index (κ2) is 6.00. The lowest BCUT2D eigenvalue weighted by Gasteiger charge is -2.34. The minimum absolute atomic E-state index is 0.0543. The highest BCUT2D eigenvalue weighted by atomic mass is 19.4. The Morgan fingerprint density at radius 1 is 1.42 bits per heavy atom. The predicted molar refractivity (Wildman–Crippen MR) is 75.7 cm³/mol. The van der Waals surface area contributed by atoms with Gasteiger partial charge in [0.05, 0.1) is 12.2 Å². The van der Waals surface area contributed by atoms with Gasteiger partial charge in [-0.05, 0) is 30.5 Å². The van der Waals surface area contributed by atoms with Crippen LogP contribution in [0.15, 0.2) is 18.2 Å². The van der Waals surface area contributed by atoms with Crippen LogP contribution in [0.25, 0.3) is 0 Å². The van der Waals surface area contributed by atoms with Crippen LogP contribution >= 0.6 is 0 Å². The van der Waals surface area contributed by atoms with E-state index in [1.807, 2.05) is 0 Å². The number of hydrogen-bond donors (Lipinski definition) is 1. The minimum atomic E-state index is -4.54. The number of carbonyl (C=O) groups is 1. The summed E-state index contributed by atoms with van der Waals surface area (Å²) in [4.78, 5) is 13.4. The van der Waals surface area contributed by atoms with Crippen LogP contribution in [-0.2, 0) is 22.3 Å². The third kappa shape index (κ3) is 3.00. The summed E-state index contributed by atoms with van der Waals surface area (Å²) >= 11 is 0. The highest BCUT2D eigenvalue weighted by molar-refractivity contribution is 5.76. The Hall–Kier alpha value is -1.67. The van der Waals surface area contributed by atoms with E-state index in [1.165, 1.54) is 0 Å². The van der Waals surface area contributed by atoms with Crippen LogP contribution in [0.2, 0.25) is 0 Å². The summed E-state index contributed by atoms with van der Waals surface area (Å²) in [5.74, 6) is -1.84. The predicted octanol–water partition coefficient (Wildman–Crippen LogP) is 2.77. The van der Waals surface area contributed by atoms with E-state index in [2.05, 4.69) is 0 Å². The average Bonchev–Trinajstić information content (AvgIpc) is 2.87. The molecule has 0 saturated carbocycles. The summed E-state index contributed by atoms with van der Waals surface area (Å²) < 4.78 is 57.6. The van der Waals surface area contributed by atoms with Crippen molar-refractivity contribution in [1.29, 1.82) is 0 Å². The number of aliphatic carboxylic acids is 1. The molecule has 0 amide bonds. The van der Waals surface area contributed by atoms with Gasteiger partial charge in [0.15, 0.2) is 0 Å². The van der Waals surface area contributed by atoms with E-state index in [1.54, 1.807) is 4.90 Å². The molecule has 2 heterocycles. The van der Waals surface area contributed by atoms with Gasteiger partial charge in [-0.15, -0.1) is 0 Å². The van der Waals surface area contributed by atoms with Crippen LogP contribution in [-0.4, -0.2) is 42.3 Å². The van der Waals surface area contributed by atoms with Crippen LogP contribution in [0.5, 0.6) is 0 Å². The number of fused-ring (bicyclic) bond motifs is 1. The zero-order chi connectivity index (χ0) is 17.5. The Labute approximate surface area is 136 Å². The summed E-state index contributed by atoms with van der Waals surface area (Å²) in [6.45, 7) is 1.04. The zero-order valence-electron chi connectivity index (χ0n) is 12.8. The van der Waals surface area contributed by atoms with Gasteiger partial charge in [-0.3, -0.25) is 9.69 Å². The van der Waals surface area contributed by atoms with Gasteiger partial charge in [0, 0.05) is 31.8 Å². The molecule has 4 nitrogen and oxygen atoms in total. The molecular formula is C16H17F4NO3. The van der Waals surface area contributed by atoms with Gasteiger partial charge in [-0.2, -0.15) is 13.2 Å². The number of carboxylic acids is 1. The lowest BCUT2D eigenvalue weighted by atomic mass is 9.76. The van der Waals surface area contributed by atoms with Crippen LogP contribution in [0.1, 0.15) is 17.5 Å². The summed E-state index contributed by atoms with van der Waals surface area (Å²) in [7, 11) is 0. The second-order valence-electron chi connectivity index (χ2n) is 6.47. The Bertz CT molecular complexity index is 649. The Balaban J connectivity index is 1.81. The van der Waals surface area contributed by atoms with Gasteiger partial charge < -0.3 is 9.84 Å². The molecule has 0 aromatic heterocycles. The summed E-state index contributed by atoms with van der Waals surface area (Å²) in [6.07, 6.45) is -3.97. The van der Waals surface area contributed by atoms with Crippen molar-refractivity contribution in [2.24, 2.45) is 11.3 Å². The maximum Gasteiger partial charge on any atom is 0.416 e. The number of rotatable bonds is 3. The Kier molecular flexibility index (Phi) is 4.29. The number of alkyl halides is 3. The van der Waals surface area contributed by atoms with Crippen molar-refractivity contribution < 1.29 is 32.2 Å². The first-order chi connectivity index (χ1) is 11.2. The molecule has 2 aliphatic rings. The average molecular weight is 347 g/mol. The molecule has 1 aromatic rings. The number of nitrogens with zero attached hydrogens (tertiary/aromatic N) is 1. The minimum Gasteiger partial charge on any atom is -0.481 e. The molecule has 8 heteroatoms. The van der Waals surface area contributed by atoms with Crippen LogP contribution in [0.3, 0.4) is 0 Å². The van der Waals surface area contributed by atoms with E-state index >= 15 is 0 Å². The van der Waals surface area contributed by atoms with Crippen molar-refractivity contribution in [3.63, 3.8) is 0 Å². The molecule has 2 aliphatic heterocycles. The molecule has 0 spiro atoms. The van der Waals surface area contributed by atoms with E-state index < -0.39 is 28.9 Å². The maximum absolute atomic E-state index is 13.9. The second-order valence-corrected chi connectivity index (χ2v) is 6.47. The van der Waals surface area contributed by atoms with Crippen molar-refractivity contribution in [3.8, 4) is 0 Å². The molecule has 0 bridgehead atoms. The van der Waals surface area contributed by atoms with Crippen molar-refractivity contribution in [1.82, 2.24) is 4.90 Å². The maximum atomic E-state index is 13.9. The van der Waals surface area contributed by atoms with Crippen molar-refractivity contribution in [3.05, 3.63) is 35.1 Å². The Morgan fingerprint density at radius 3 is 2.79 bits per heavy atom. The molecule has 1 aromatic carbocycles. The fourth-order valence-corrected chi connectivity index (χ4v) is 3.63. The molecule has 132 valence electrons. The molecule has 2 fully saturated rings. The molecule has 2 saturated heterocycles. The molecule has 2 atom stereocenters. The number of hydrogen-bond acceptors (Lipinski definition) is 3. The van der Waals surface area contributed by atoms with Crippen molar-refractivity contribution in [2.75, 3.05) is 26.3 Å². The van der Waals surface area contributed by atoms with Crippen LogP contribution < -0.4 is 0 Å². The highest BCUT2D eigenvalue weighted by Gasteiger charge is 2.54. The molecule has 0 aliphatic carbocycles. The number of likely N-dealkylation sites (tertiary alicyclic amines) is 1. The SMILES string of the molecule is O=C(O)[C@]12COCC[C@H]1CN(Cc1cc(C(F)(F)F)ccc1F)C2. The van der Waals surface area contributed by atoms with E-state index in [0.717, 1.165) is 12.1 Å². The number of carboxylic acid groups (broad SMARTS) is 1. The zero-order valence-corrected chi connectivity index (χ0v) is 12.8. The molecule has 3 rings (SSSR count). The van der Waals surface area contributed by atoms with Crippen molar-refractivity contribution in [2.45, 2.75) is 19.1 Å². The number of halogens is 4. The Morgan fingerprint density at radius 2 is 2.17 bits per heavy atom. The summed E-state index contributed by atoms with van der Waals surface area (Å²) in [5.41, 5.74) is -2.05. The number of ether oxygens (including phenoxy) is 1. The normalized spacial score (nSPS) is 27.9. The fourth-order valence-electron chi connectivity index (χ4n) is 3.63. The monoisotopic (exact) mass is 347 g/mol. The molecule has 0 radical (unpaired) electrons. The van der Waals surface area contributed by atoms with E-state index in [0.29, 0.717) is 25.6 Å². The first-order valence-electron chi connectivity index (χ1n) is 7.61. The van der Waals surface area contributed by atoms with Gasteiger partial charge in [0.25, 0.3) is 0 Å². The molecular weight excluding hydrogens is 330 g/mol. The topological polar surface area (TPSA) is 49.8 Å². The van der Waals surface area contributed by atoms with Gasteiger partial charge in [-0.1, -0.05) is 0 Å². The molecule has 1 N–H and O–H groups in total. The molecule has 0 unspecified atom stereocenters. The van der Waals surface area contributed by atoms with Gasteiger partial charge in [0.2, 0.25) is 0 Å². The quantitative estimate of drug-likeness (QED) is 0.855. The fraction of sp³-hybridized carbons (Fsp3) is 0.562. The van der Waals surface area contributed by atoms with Crippen LogP contribution in [0, 0.1) is 17.2 Å². The highest BCUT2D eigenvalue weighted by Crippen LogP contribution is 2.42. The van der Waals surface area contributed by atoms with Gasteiger partial charge >= 0.3 is 12.1 Å². The van der Waals surface area contributed by atoms with Crippen LogP contribution in [0.4, 0.5) is 17.6 Å². The summed E-state index contributed by atoms with van der Waals surface area (Å²) in [5, 5.41) is 9.56. The lowest BCUT2D eigenvalue weighted by molar-refractivity contribution is -0.159. The first-order valence-corrected chi connectivity index (χ1v) is 7.61. The van der Waals surface area contributed by atoms with E-state index in [4.69, 9.17) is 4.74 Å². The van der Waals surface area contributed by atoms with E-state index in [-0.39, 0.29) is 31.2 Å². The first kappa shape index (κ1) is 17.2. The van der Waals surface area contributed by atoms with Crippen molar-refractivity contribution >= 4 is 5.97 Å². The third-order valence-corrected chi connectivity index (χ3v) is 4.93. The lowest BCUT2D eigenvalue weighted by Crippen LogP contribution is -2.46. The smallest absolute Gasteiger partial charge is 0.416 e. The molecule has 24 heavy (non-hydrogen) atoms. The van der Waals surface area contributed by atoms with Gasteiger partial charge in [0.1, 0.15) is 11.2 Å². The van der Waals surface area contributed by atoms with E-state index in [9.17, 15) is 27.5 Å². The van der Waals surface area contributed by atoms with Gasteiger partial charge in [-0.25, -0.2) is 4.39 Å². The summed E-state index contributed by atoms with van der Waals surface area (Å²) in [6, 6.07) is 2.30. The number of benzene rings is 1.